The van der Waals surface area contributed by atoms with Crippen LogP contribution in [0.4, 0.5) is 34.1 Å². The van der Waals surface area contributed by atoms with Crippen LogP contribution in [0.1, 0.15) is 5.56 Å². The fourth-order valence-electron chi connectivity index (χ4n) is 6.49. The molecule has 0 unspecified atom stereocenters. The molecule has 8 aromatic carbocycles. The van der Waals surface area contributed by atoms with Crippen LogP contribution in [0.15, 0.2) is 176 Å². The number of fused-ring (bicyclic) bond motifs is 3. The first kappa shape index (κ1) is 26.7. The van der Waals surface area contributed by atoms with E-state index in [0.29, 0.717) is 0 Å². The van der Waals surface area contributed by atoms with Crippen LogP contribution in [0, 0.1) is 6.92 Å². The SMILES string of the molecule is Cc1ccc(N(c2ccc(N(c3cccc4ccccc34)c3cccc4ccccc34)cc2)c2cccc3ccccc23)cc1. The Hall–Kier alpha value is -5.86. The van der Waals surface area contributed by atoms with Crippen LogP contribution >= 0.6 is 0 Å². The number of nitrogens with zero attached hydrogens (tertiary/aromatic N) is 2. The second-order valence-corrected chi connectivity index (χ2v) is 11.5. The minimum atomic E-state index is 1.10. The monoisotopic (exact) mass is 576 g/mol. The van der Waals surface area contributed by atoms with Crippen molar-refractivity contribution in [2.75, 3.05) is 9.80 Å². The Morgan fingerprint density at radius 1 is 0.289 bits per heavy atom. The fourth-order valence-corrected chi connectivity index (χ4v) is 6.49. The van der Waals surface area contributed by atoms with E-state index in [1.165, 1.54) is 37.9 Å². The van der Waals surface area contributed by atoms with Gasteiger partial charge in [0.25, 0.3) is 0 Å². The summed E-state index contributed by atoms with van der Waals surface area (Å²) < 4.78 is 0. The molecule has 0 spiro atoms. The van der Waals surface area contributed by atoms with E-state index in [4.69, 9.17) is 0 Å². The molecule has 8 rings (SSSR count). The lowest BCUT2D eigenvalue weighted by atomic mass is 10.0. The topological polar surface area (TPSA) is 6.48 Å². The molecular formula is C43H32N2. The molecule has 0 aliphatic rings. The lowest BCUT2D eigenvalue weighted by Gasteiger charge is -2.30. The third-order valence-corrected chi connectivity index (χ3v) is 8.68. The molecule has 0 amide bonds. The van der Waals surface area contributed by atoms with Crippen molar-refractivity contribution in [1.82, 2.24) is 0 Å². The van der Waals surface area contributed by atoms with Gasteiger partial charge in [-0.25, -0.2) is 0 Å². The maximum atomic E-state index is 2.41. The number of benzene rings is 8. The summed E-state index contributed by atoms with van der Waals surface area (Å²) in [5.41, 5.74) is 8.05. The predicted octanol–water partition coefficient (Wildman–Crippen LogP) is 12.4. The molecule has 0 aliphatic carbocycles. The van der Waals surface area contributed by atoms with Gasteiger partial charge in [0, 0.05) is 33.2 Å². The van der Waals surface area contributed by atoms with Crippen molar-refractivity contribution in [3.63, 3.8) is 0 Å². The van der Waals surface area contributed by atoms with E-state index in [1.807, 2.05) is 0 Å². The van der Waals surface area contributed by atoms with E-state index in [-0.39, 0.29) is 0 Å². The first-order valence-corrected chi connectivity index (χ1v) is 15.4. The van der Waals surface area contributed by atoms with Crippen LogP contribution in [0.2, 0.25) is 0 Å². The molecule has 214 valence electrons. The Labute approximate surface area is 264 Å². The minimum Gasteiger partial charge on any atom is -0.310 e. The van der Waals surface area contributed by atoms with Crippen molar-refractivity contribution in [2.24, 2.45) is 0 Å². The largest absolute Gasteiger partial charge is 0.310 e. The van der Waals surface area contributed by atoms with Crippen molar-refractivity contribution in [3.05, 3.63) is 181 Å². The quantitative estimate of drug-likeness (QED) is 0.194. The summed E-state index contributed by atoms with van der Waals surface area (Å²) in [4.78, 5) is 4.77. The number of anilines is 6. The number of aryl methyl sites for hydroxylation is 1. The van der Waals surface area contributed by atoms with Gasteiger partial charge in [0.05, 0.1) is 17.1 Å². The molecule has 8 aromatic rings. The molecule has 0 aromatic heterocycles. The summed E-state index contributed by atoms with van der Waals surface area (Å²) in [7, 11) is 0. The Morgan fingerprint density at radius 3 is 1.02 bits per heavy atom. The van der Waals surface area contributed by atoms with Gasteiger partial charge in [0.2, 0.25) is 0 Å². The zero-order chi connectivity index (χ0) is 30.2. The summed E-state index contributed by atoms with van der Waals surface area (Å²) >= 11 is 0. The molecule has 2 heteroatoms. The number of hydrogen-bond acceptors (Lipinski definition) is 2. The third-order valence-electron chi connectivity index (χ3n) is 8.68. The highest BCUT2D eigenvalue weighted by molar-refractivity contribution is 6.05. The molecule has 0 aliphatic heterocycles. The highest BCUT2D eigenvalue weighted by Gasteiger charge is 2.20. The second kappa shape index (κ2) is 11.3. The van der Waals surface area contributed by atoms with E-state index in [1.54, 1.807) is 0 Å². The first-order valence-electron chi connectivity index (χ1n) is 15.4. The van der Waals surface area contributed by atoms with Crippen LogP contribution in [-0.4, -0.2) is 0 Å². The van der Waals surface area contributed by atoms with Crippen LogP contribution in [0.3, 0.4) is 0 Å². The number of rotatable bonds is 6. The van der Waals surface area contributed by atoms with Gasteiger partial charge < -0.3 is 9.80 Å². The van der Waals surface area contributed by atoms with Gasteiger partial charge in [-0.2, -0.15) is 0 Å². The highest BCUT2D eigenvalue weighted by atomic mass is 15.2. The Bertz CT molecular complexity index is 2190. The third kappa shape index (κ3) is 4.87. The normalized spacial score (nSPS) is 11.2. The summed E-state index contributed by atoms with van der Waals surface area (Å²) in [6.07, 6.45) is 0. The van der Waals surface area contributed by atoms with E-state index in [2.05, 4.69) is 193 Å². The van der Waals surface area contributed by atoms with Gasteiger partial charge in [-0.3, -0.25) is 0 Å². The zero-order valence-electron chi connectivity index (χ0n) is 25.1. The van der Waals surface area contributed by atoms with Crippen molar-refractivity contribution < 1.29 is 0 Å². The second-order valence-electron chi connectivity index (χ2n) is 11.5. The Balaban J connectivity index is 1.32. The van der Waals surface area contributed by atoms with Gasteiger partial charge in [-0.15, -0.1) is 0 Å². The standard InChI is InChI=1S/C43H32N2/c1-31-23-25-35(26-24-31)44(41-20-8-14-32-11-2-5-17-38(32)41)36-27-29-37(30-28-36)45(42-21-9-15-33-12-3-6-18-39(33)42)43-22-10-16-34-13-4-7-19-40(34)43/h2-30H,1H3. The van der Waals surface area contributed by atoms with Crippen molar-refractivity contribution >= 4 is 66.4 Å². The highest BCUT2D eigenvalue weighted by Crippen LogP contribution is 2.44. The molecule has 0 fully saturated rings. The van der Waals surface area contributed by atoms with E-state index in [0.717, 1.165) is 34.1 Å². The molecule has 0 N–H and O–H groups in total. The lowest BCUT2D eigenvalue weighted by molar-refractivity contribution is 1.27. The molecule has 0 radical (unpaired) electrons. The fraction of sp³-hybridized carbons (Fsp3) is 0.0233. The van der Waals surface area contributed by atoms with Crippen LogP contribution < -0.4 is 9.80 Å². The Kier molecular flexibility index (Phi) is 6.73. The van der Waals surface area contributed by atoms with Gasteiger partial charge in [0.1, 0.15) is 0 Å². The lowest BCUT2D eigenvalue weighted by Crippen LogP contribution is -2.13. The van der Waals surface area contributed by atoms with Gasteiger partial charge >= 0.3 is 0 Å². The minimum absolute atomic E-state index is 1.10. The molecule has 0 saturated heterocycles. The summed E-state index contributed by atoms with van der Waals surface area (Å²) in [5, 5.41) is 7.32. The summed E-state index contributed by atoms with van der Waals surface area (Å²) in [6.45, 7) is 2.13. The maximum Gasteiger partial charge on any atom is 0.0540 e. The van der Waals surface area contributed by atoms with Crippen LogP contribution in [0.5, 0.6) is 0 Å². The van der Waals surface area contributed by atoms with E-state index >= 15 is 0 Å². The van der Waals surface area contributed by atoms with Crippen LogP contribution in [0.25, 0.3) is 32.3 Å². The predicted molar refractivity (Wildman–Crippen MR) is 193 cm³/mol. The molecule has 45 heavy (non-hydrogen) atoms. The molecule has 0 atom stereocenters. The van der Waals surface area contributed by atoms with Crippen molar-refractivity contribution in [3.8, 4) is 0 Å². The maximum absolute atomic E-state index is 2.41. The van der Waals surface area contributed by atoms with Gasteiger partial charge in [0.15, 0.2) is 0 Å². The average Bonchev–Trinajstić information content (AvgIpc) is 3.10. The first-order chi connectivity index (χ1) is 22.2. The molecule has 0 bridgehead atoms. The van der Waals surface area contributed by atoms with Crippen molar-refractivity contribution in [2.45, 2.75) is 6.92 Å². The molecule has 0 heterocycles. The van der Waals surface area contributed by atoms with Gasteiger partial charge in [-0.1, -0.05) is 127 Å². The number of hydrogen-bond donors (Lipinski definition) is 0. The van der Waals surface area contributed by atoms with E-state index in [9.17, 15) is 0 Å². The Morgan fingerprint density at radius 2 is 0.600 bits per heavy atom. The van der Waals surface area contributed by atoms with E-state index < -0.39 is 0 Å². The average molecular weight is 577 g/mol. The zero-order valence-corrected chi connectivity index (χ0v) is 25.1. The molecular weight excluding hydrogens is 544 g/mol. The van der Waals surface area contributed by atoms with Crippen LogP contribution in [-0.2, 0) is 0 Å². The van der Waals surface area contributed by atoms with Gasteiger partial charge in [-0.05, 0) is 77.7 Å². The smallest absolute Gasteiger partial charge is 0.0540 e. The molecule has 0 saturated carbocycles. The van der Waals surface area contributed by atoms with Crippen molar-refractivity contribution in [1.29, 1.82) is 0 Å². The summed E-state index contributed by atoms with van der Waals surface area (Å²) in [6, 6.07) is 63.4. The summed E-state index contributed by atoms with van der Waals surface area (Å²) in [5.74, 6) is 0. The molecule has 2 nitrogen and oxygen atoms in total.